The average molecular weight is 337 g/mol. The largest absolute Gasteiger partial charge is 0.393 e. The fraction of sp³-hybridized carbons (Fsp3) is 0.615. The first-order valence-corrected chi connectivity index (χ1v) is 7.17. The summed E-state index contributed by atoms with van der Waals surface area (Å²) < 4.78 is 6.68. The monoisotopic (exact) mass is 337 g/mol. The zero-order chi connectivity index (χ0) is 17.9. The lowest BCUT2D eigenvalue weighted by Crippen LogP contribution is -2.42. The molecule has 1 aliphatic heterocycles. The Bertz CT molecular complexity index is 727. The normalized spacial score (nSPS) is 29.6. The van der Waals surface area contributed by atoms with Crippen LogP contribution in [0, 0.1) is 5.92 Å². The SMILES string of the molecule is C[C@@H]1[C@H](n2ccc(/N=C/N(C)C)nc2=O)O[C@@](CO)(N=[N+]=[N-])[C@H]1O. The van der Waals surface area contributed by atoms with Gasteiger partial charge in [0.1, 0.15) is 6.23 Å². The van der Waals surface area contributed by atoms with Crippen LogP contribution in [-0.2, 0) is 4.74 Å². The molecular formula is C13H19N7O4. The van der Waals surface area contributed by atoms with Gasteiger partial charge in [0.25, 0.3) is 0 Å². The van der Waals surface area contributed by atoms with Crippen molar-refractivity contribution in [3.63, 3.8) is 0 Å². The van der Waals surface area contributed by atoms with Crippen molar-refractivity contribution in [3.05, 3.63) is 33.2 Å². The van der Waals surface area contributed by atoms with Gasteiger partial charge in [-0.25, -0.2) is 9.79 Å². The topological polar surface area (TPSA) is 149 Å². The van der Waals surface area contributed by atoms with E-state index < -0.39 is 36.3 Å². The van der Waals surface area contributed by atoms with E-state index in [-0.39, 0.29) is 5.82 Å². The highest BCUT2D eigenvalue weighted by Crippen LogP contribution is 2.41. The molecule has 4 atom stereocenters. The summed E-state index contributed by atoms with van der Waals surface area (Å²) in [5.74, 6) is -0.391. The van der Waals surface area contributed by atoms with Crippen molar-refractivity contribution in [2.45, 2.75) is 25.0 Å². The van der Waals surface area contributed by atoms with Crippen molar-refractivity contribution in [3.8, 4) is 0 Å². The van der Waals surface area contributed by atoms with Crippen molar-refractivity contribution in [1.82, 2.24) is 14.5 Å². The molecule has 1 fully saturated rings. The molecular weight excluding hydrogens is 318 g/mol. The molecule has 2 rings (SSSR count). The van der Waals surface area contributed by atoms with Crippen LogP contribution in [-0.4, -0.2) is 63.5 Å². The summed E-state index contributed by atoms with van der Waals surface area (Å²) in [5, 5.41) is 23.1. The standard InChI is InChI=1S/C13H19N7O4/c1-8-10(22)13(6-21,17-18-14)24-11(8)20-5-4-9(16-12(20)23)15-7-19(2)3/h4-5,7-8,10-11,21-22H,6H2,1-3H3/b15-7+/t8-,10-,11+,13+/m0/s1. The molecule has 0 aliphatic carbocycles. The van der Waals surface area contributed by atoms with Gasteiger partial charge in [0.15, 0.2) is 11.5 Å². The van der Waals surface area contributed by atoms with Crippen molar-refractivity contribution in [2.24, 2.45) is 16.0 Å². The van der Waals surface area contributed by atoms with Crippen molar-refractivity contribution < 1.29 is 14.9 Å². The number of aliphatic hydroxyl groups is 2. The first-order valence-electron chi connectivity index (χ1n) is 7.17. The van der Waals surface area contributed by atoms with Crippen LogP contribution in [0.4, 0.5) is 5.82 Å². The highest BCUT2D eigenvalue weighted by molar-refractivity contribution is 5.58. The molecule has 2 heterocycles. The van der Waals surface area contributed by atoms with Gasteiger partial charge >= 0.3 is 5.69 Å². The molecule has 0 aromatic carbocycles. The Balaban J connectivity index is 2.35. The maximum atomic E-state index is 12.2. The van der Waals surface area contributed by atoms with Crippen LogP contribution in [0.15, 0.2) is 27.2 Å². The minimum Gasteiger partial charge on any atom is -0.393 e. The van der Waals surface area contributed by atoms with Crippen LogP contribution in [0.2, 0.25) is 0 Å². The van der Waals surface area contributed by atoms with Crippen LogP contribution in [0.25, 0.3) is 10.4 Å². The third-order valence-corrected chi connectivity index (χ3v) is 3.69. The third-order valence-electron chi connectivity index (χ3n) is 3.69. The number of ether oxygens (including phenoxy) is 1. The van der Waals surface area contributed by atoms with E-state index in [2.05, 4.69) is 20.0 Å². The number of aliphatic hydroxyl groups excluding tert-OH is 2. The van der Waals surface area contributed by atoms with Crippen molar-refractivity contribution >= 4 is 12.2 Å². The second kappa shape index (κ2) is 6.97. The molecule has 0 amide bonds. The number of aliphatic imine (C=N–C) groups is 1. The molecule has 0 spiro atoms. The minimum absolute atomic E-state index is 0.222. The number of hydrogen-bond donors (Lipinski definition) is 2. The molecule has 11 nitrogen and oxygen atoms in total. The number of hydrogen-bond acceptors (Lipinski definition) is 7. The van der Waals surface area contributed by atoms with Gasteiger partial charge in [-0.05, 0) is 11.6 Å². The summed E-state index contributed by atoms with van der Waals surface area (Å²) in [4.78, 5) is 24.4. The van der Waals surface area contributed by atoms with E-state index in [9.17, 15) is 15.0 Å². The third kappa shape index (κ3) is 3.24. The second-order valence-corrected chi connectivity index (χ2v) is 5.69. The predicted octanol–water partition coefficient (Wildman–Crippen LogP) is -0.0106. The van der Waals surface area contributed by atoms with Gasteiger partial charge in [-0.2, -0.15) is 4.98 Å². The van der Waals surface area contributed by atoms with Crippen LogP contribution < -0.4 is 5.69 Å². The molecule has 0 radical (unpaired) electrons. The first-order chi connectivity index (χ1) is 11.3. The summed E-state index contributed by atoms with van der Waals surface area (Å²) >= 11 is 0. The van der Waals surface area contributed by atoms with E-state index in [1.807, 2.05) is 0 Å². The molecule has 1 saturated heterocycles. The van der Waals surface area contributed by atoms with Gasteiger partial charge in [-0.3, -0.25) is 4.57 Å². The molecule has 24 heavy (non-hydrogen) atoms. The molecule has 1 aromatic heterocycles. The van der Waals surface area contributed by atoms with Crippen LogP contribution in [0.1, 0.15) is 13.2 Å². The van der Waals surface area contributed by atoms with E-state index in [4.69, 9.17) is 10.3 Å². The van der Waals surface area contributed by atoms with Crippen LogP contribution in [0.5, 0.6) is 0 Å². The number of rotatable bonds is 5. The number of aromatic nitrogens is 2. The fourth-order valence-corrected chi connectivity index (χ4v) is 2.43. The summed E-state index contributed by atoms with van der Waals surface area (Å²) in [6, 6.07) is 1.51. The Labute approximate surface area is 137 Å². The van der Waals surface area contributed by atoms with Gasteiger partial charge < -0.3 is 19.8 Å². The molecule has 0 bridgehead atoms. The Morgan fingerprint density at radius 1 is 1.62 bits per heavy atom. The molecule has 0 saturated carbocycles. The van der Waals surface area contributed by atoms with E-state index in [1.54, 1.807) is 25.9 Å². The molecule has 1 aromatic rings. The lowest BCUT2D eigenvalue weighted by molar-refractivity contribution is -0.124. The molecule has 130 valence electrons. The average Bonchev–Trinajstić information content (AvgIpc) is 2.79. The lowest BCUT2D eigenvalue weighted by Gasteiger charge is -2.24. The van der Waals surface area contributed by atoms with E-state index in [0.717, 1.165) is 4.57 Å². The summed E-state index contributed by atoms with van der Waals surface area (Å²) in [5.41, 5.74) is 6.16. The maximum Gasteiger partial charge on any atom is 0.351 e. The molecule has 0 unspecified atom stereocenters. The van der Waals surface area contributed by atoms with Crippen LogP contribution >= 0.6 is 0 Å². The highest BCUT2D eigenvalue weighted by Gasteiger charge is 2.53. The van der Waals surface area contributed by atoms with E-state index in [0.29, 0.717) is 0 Å². The van der Waals surface area contributed by atoms with E-state index in [1.165, 1.54) is 18.6 Å². The number of azide groups is 1. The van der Waals surface area contributed by atoms with Gasteiger partial charge in [0.2, 0.25) is 0 Å². The van der Waals surface area contributed by atoms with Gasteiger partial charge in [0.05, 0.1) is 19.0 Å². The summed E-state index contributed by atoms with van der Waals surface area (Å²) in [7, 11) is 3.56. The Morgan fingerprint density at radius 3 is 2.88 bits per heavy atom. The quantitative estimate of drug-likeness (QED) is 0.254. The Morgan fingerprint density at radius 2 is 2.33 bits per heavy atom. The zero-order valence-corrected chi connectivity index (χ0v) is 13.5. The highest BCUT2D eigenvalue weighted by atomic mass is 16.6. The second-order valence-electron chi connectivity index (χ2n) is 5.69. The Kier molecular flexibility index (Phi) is 5.20. The van der Waals surface area contributed by atoms with Gasteiger partial charge in [0, 0.05) is 31.1 Å². The Hall–Kier alpha value is -2.46. The zero-order valence-electron chi connectivity index (χ0n) is 13.5. The summed E-state index contributed by atoms with van der Waals surface area (Å²) in [6.45, 7) is 0.899. The predicted molar refractivity (Wildman–Crippen MR) is 84.6 cm³/mol. The maximum absolute atomic E-state index is 12.2. The van der Waals surface area contributed by atoms with Gasteiger partial charge in [-0.1, -0.05) is 12.0 Å². The van der Waals surface area contributed by atoms with E-state index >= 15 is 0 Å². The first kappa shape index (κ1) is 17.9. The van der Waals surface area contributed by atoms with Crippen molar-refractivity contribution in [1.29, 1.82) is 0 Å². The number of nitrogens with zero attached hydrogens (tertiary/aromatic N) is 7. The van der Waals surface area contributed by atoms with Gasteiger partial charge in [-0.15, -0.1) is 0 Å². The van der Waals surface area contributed by atoms with Crippen LogP contribution in [0.3, 0.4) is 0 Å². The fourth-order valence-electron chi connectivity index (χ4n) is 2.43. The minimum atomic E-state index is -1.83. The smallest absolute Gasteiger partial charge is 0.351 e. The lowest BCUT2D eigenvalue weighted by atomic mass is 9.98. The van der Waals surface area contributed by atoms with Crippen molar-refractivity contribution in [2.75, 3.05) is 20.7 Å². The molecule has 11 heteroatoms. The summed E-state index contributed by atoms with van der Waals surface area (Å²) in [6.07, 6.45) is 0.712. The molecule has 2 N–H and O–H groups in total. The molecule has 1 aliphatic rings.